The maximum absolute atomic E-state index is 12.2. The van der Waals surface area contributed by atoms with Crippen LogP contribution in [0.15, 0.2) is 28.2 Å². The van der Waals surface area contributed by atoms with Gasteiger partial charge >= 0.3 is 0 Å². The van der Waals surface area contributed by atoms with Crippen molar-refractivity contribution < 1.29 is 18.3 Å². The Balaban J connectivity index is 1.86. The van der Waals surface area contributed by atoms with Crippen molar-refractivity contribution in [3.05, 3.63) is 45.4 Å². The lowest BCUT2D eigenvalue weighted by Crippen LogP contribution is -2.36. The van der Waals surface area contributed by atoms with E-state index < -0.39 is 15.4 Å². The summed E-state index contributed by atoms with van der Waals surface area (Å²) < 4.78 is 28.4. The van der Waals surface area contributed by atoms with Gasteiger partial charge in [0.1, 0.15) is 11.5 Å². The van der Waals surface area contributed by atoms with Gasteiger partial charge < -0.3 is 9.84 Å². The van der Waals surface area contributed by atoms with Crippen molar-refractivity contribution in [2.24, 2.45) is 0 Å². The smallest absolute Gasteiger partial charge is 0.256 e. The summed E-state index contributed by atoms with van der Waals surface area (Å²) in [7, 11) is -2.01. The second kappa shape index (κ2) is 6.49. The summed E-state index contributed by atoms with van der Waals surface area (Å²) in [5.74, 6) is 0.800. The van der Waals surface area contributed by atoms with Crippen molar-refractivity contribution in [1.29, 1.82) is 0 Å². The number of benzene rings is 1. The Morgan fingerprint density at radius 1 is 1.40 bits per heavy atom. The van der Waals surface area contributed by atoms with Gasteiger partial charge in [0.05, 0.1) is 18.4 Å². The molecule has 2 aromatic rings. The molecule has 1 aliphatic heterocycles. The van der Waals surface area contributed by atoms with Crippen LogP contribution < -0.4 is 10.3 Å². The van der Waals surface area contributed by atoms with Crippen LogP contribution in [0.5, 0.6) is 11.5 Å². The minimum Gasteiger partial charge on any atom is -0.508 e. The molecular weight excluding hydrogens is 346 g/mol. The average molecular weight is 365 g/mol. The first-order valence-corrected chi connectivity index (χ1v) is 9.57. The normalized spacial score (nSPS) is 15.0. The van der Waals surface area contributed by atoms with Crippen LogP contribution in [-0.2, 0) is 29.3 Å². The molecule has 0 fully saturated rings. The predicted molar refractivity (Wildman–Crippen MR) is 90.4 cm³/mol. The quantitative estimate of drug-likeness (QED) is 0.756. The molecule has 8 nitrogen and oxygen atoms in total. The maximum Gasteiger partial charge on any atom is 0.256 e. The number of methoxy groups -OCH3 is 1. The Morgan fingerprint density at radius 3 is 2.84 bits per heavy atom. The molecule has 134 valence electrons. The third-order valence-electron chi connectivity index (χ3n) is 4.16. The van der Waals surface area contributed by atoms with E-state index >= 15 is 0 Å². The van der Waals surface area contributed by atoms with Crippen molar-refractivity contribution in [3.63, 3.8) is 0 Å². The topological polar surface area (TPSA) is 113 Å². The van der Waals surface area contributed by atoms with E-state index in [4.69, 9.17) is 4.74 Å². The third-order valence-corrected chi connectivity index (χ3v) is 5.05. The molecule has 1 aliphatic rings. The van der Waals surface area contributed by atoms with Gasteiger partial charge in [0, 0.05) is 37.9 Å². The van der Waals surface area contributed by atoms with Gasteiger partial charge in [-0.3, -0.25) is 14.7 Å². The highest BCUT2D eigenvalue weighted by Crippen LogP contribution is 2.26. The van der Waals surface area contributed by atoms with Crippen molar-refractivity contribution in [1.82, 2.24) is 14.9 Å². The highest BCUT2D eigenvalue weighted by Gasteiger charge is 2.24. The van der Waals surface area contributed by atoms with E-state index in [0.717, 1.165) is 6.26 Å². The van der Waals surface area contributed by atoms with Crippen molar-refractivity contribution in [2.75, 3.05) is 19.9 Å². The van der Waals surface area contributed by atoms with Crippen LogP contribution in [0.25, 0.3) is 0 Å². The van der Waals surface area contributed by atoms with Crippen molar-refractivity contribution in [3.8, 4) is 11.5 Å². The molecule has 0 aliphatic carbocycles. The van der Waals surface area contributed by atoms with E-state index in [9.17, 15) is 18.3 Å². The van der Waals surface area contributed by atoms with Gasteiger partial charge in [0.15, 0.2) is 0 Å². The van der Waals surface area contributed by atoms with Crippen LogP contribution in [0, 0.1) is 0 Å². The van der Waals surface area contributed by atoms with Crippen molar-refractivity contribution in [2.45, 2.75) is 24.7 Å². The van der Waals surface area contributed by atoms with Gasteiger partial charge in [-0.2, -0.15) is 0 Å². The van der Waals surface area contributed by atoms with E-state index in [1.807, 2.05) is 4.90 Å². The van der Waals surface area contributed by atoms with Gasteiger partial charge in [0.2, 0.25) is 15.0 Å². The number of hydrogen-bond donors (Lipinski definition) is 2. The molecule has 0 saturated heterocycles. The van der Waals surface area contributed by atoms with E-state index in [1.165, 1.54) is 0 Å². The molecule has 0 bridgehead atoms. The lowest BCUT2D eigenvalue weighted by molar-refractivity contribution is 0.237. The standard InChI is InChI=1S/C16H19N3O5S/c1-24-11-3-4-14(20)10(7-11)8-19-6-5-13-12(9-19)15(21)18-16(17-13)25(2,22)23/h3-4,7,20H,5-6,8-9H2,1-2H3,(H,17,18,21). The van der Waals surface area contributed by atoms with Gasteiger partial charge in [-0.25, -0.2) is 13.4 Å². The molecule has 2 N–H and O–H groups in total. The number of ether oxygens (including phenoxy) is 1. The van der Waals surface area contributed by atoms with Crippen LogP contribution in [-0.4, -0.2) is 48.3 Å². The highest BCUT2D eigenvalue weighted by molar-refractivity contribution is 7.90. The lowest BCUT2D eigenvalue weighted by Gasteiger charge is -2.27. The number of aromatic amines is 1. The monoisotopic (exact) mass is 365 g/mol. The number of aromatic nitrogens is 2. The number of hydrogen-bond acceptors (Lipinski definition) is 7. The van der Waals surface area contributed by atoms with Crippen LogP contribution in [0.3, 0.4) is 0 Å². The zero-order chi connectivity index (χ0) is 18.2. The van der Waals surface area contributed by atoms with Crippen LogP contribution in [0.4, 0.5) is 0 Å². The maximum atomic E-state index is 12.2. The lowest BCUT2D eigenvalue weighted by atomic mass is 10.1. The molecule has 0 saturated carbocycles. The van der Waals surface area contributed by atoms with Crippen molar-refractivity contribution >= 4 is 9.84 Å². The molecule has 0 atom stereocenters. The first-order chi connectivity index (χ1) is 11.8. The first-order valence-electron chi connectivity index (χ1n) is 7.68. The Hall–Kier alpha value is -2.39. The third kappa shape index (κ3) is 3.67. The number of sulfone groups is 1. The number of aromatic hydroxyl groups is 1. The van der Waals surface area contributed by atoms with E-state index in [0.29, 0.717) is 48.6 Å². The van der Waals surface area contributed by atoms with E-state index in [1.54, 1.807) is 25.3 Å². The molecule has 1 aromatic heterocycles. The molecule has 1 aromatic carbocycles. The zero-order valence-electron chi connectivity index (χ0n) is 13.9. The number of rotatable bonds is 4. The Bertz CT molecular complexity index is 968. The summed E-state index contributed by atoms with van der Waals surface area (Å²) >= 11 is 0. The number of nitrogens with one attached hydrogen (secondary N) is 1. The summed E-state index contributed by atoms with van der Waals surface area (Å²) in [4.78, 5) is 20.7. The number of fused-ring (bicyclic) bond motifs is 1. The number of phenols is 1. The molecular formula is C16H19N3O5S. The summed E-state index contributed by atoms with van der Waals surface area (Å²) in [6, 6.07) is 4.99. The molecule has 25 heavy (non-hydrogen) atoms. The molecule has 2 heterocycles. The molecule has 0 radical (unpaired) electrons. The largest absolute Gasteiger partial charge is 0.508 e. The second-order valence-corrected chi connectivity index (χ2v) is 7.95. The Kier molecular flexibility index (Phi) is 4.53. The minimum absolute atomic E-state index is 0.158. The molecule has 0 amide bonds. The molecule has 0 unspecified atom stereocenters. The van der Waals surface area contributed by atoms with Gasteiger partial charge in [0.25, 0.3) is 5.56 Å². The molecule has 0 spiro atoms. The SMILES string of the molecule is COc1ccc(O)c(CN2CCc3nc(S(C)(=O)=O)[nH]c(=O)c3C2)c1. The summed E-state index contributed by atoms with van der Waals surface area (Å²) in [6.07, 6.45) is 1.48. The summed E-state index contributed by atoms with van der Waals surface area (Å²) in [6.45, 7) is 1.37. The highest BCUT2D eigenvalue weighted by atomic mass is 32.2. The number of H-pyrrole nitrogens is 1. The van der Waals surface area contributed by atoms with Gasteiger partial charge in [-0.15, -0.1) is 0 Å². The first kappa shape index (κ1) is 17.4. The molecule has 9 heteroatoms. The predicted octanol–water partition coefficient (Wildman–Crippen LogP) is 0.446. The fourth-order valence-electron chi connectivity index (χ4n) is 2.83. The summed E-state index contributed by atoms with van der Waals surface area (Å²) in [5, 5.41) is 9.71. The van der Waals surface area contributed by atoms with Gasteiger partial charge in [-0.05, 0) is 18.2 Å². The fraction of sp³-hybridized carbons (Fsp3) is 0.375. The Labute approximate surface area is 145 Å². The Morgan fingerprint density at radius 2 is 2.16 bits per heavy atom. The summed E-state index contributed by atoms with van der Waals surface area (Å²) in [5.41, 5.74) is 1.22. The molecule has 3 rings (SSSR count). The van der Waals surface area contributed by atoms with Gasteiger partial charge in [-0.1, -0.05) is 0 Å². The number of phenolic OH excluding ortho intramolecular Hbond substituents is 1. The fourth-order valence-corrected chi connectivity index (χ4v) is 3.38. The van der Waals surface area contributed by atoms with E-state index in [-0.39, 0.29) is 10.9 Å². The average Bonchev–Trinajstić information content (AvgIpc) is 2.56. The second-order valence-electron chi connectivity index (χ2n) is 6.02. The minimum atomic E-state index is -3.56. The zero-order valence-corrected chi connectivity index (χ0v) is 14.8. The number of nitrogens with zero attached hydrogens (tertiary/aromatic N) is 2. The van der Waals surface area contributed by atoms with Crippen LogP contribution >= 0.6 is 0 Å². The van der Waals surface area contributed by atoms with E-state index in [2.05, 4.69) is 9.97 Å². The van der Waals surface area contributed by atoms with Crippen LogP contribution in [0.1, 0.15) is 16.8 Å². The van der Waals surface area contributed by atoms with Crippen LogP contribution in [0.2, 0.25) is 0 Å².